The van der Waals surface area contributed by atoms with E-state index in [1.165, 1.54) is 0 Å². The third kappa shape index (κ3) is 26.2. The number of halogens is 1. The van der Waals surface area contributed by atoms with Crippen molar-refractivity contribution >= 4 is 47.2 Å². The molecule has 0 amide bonds. The van der Waals surface area contributed by atoms with Gasteiger partial charge in [0, 0.05) is 44.5 Å². The van der Waals surface area contributed by atoms with Crippen molar-refractivity contribution in [3.63, 3.8) is 0 Å². The molecule has 16 heteroatoms. The molecule has 0 saturated carbocycles. The van der Waals surface area contributed by atoms with Crippen LogP contribution in [-0.4, -0.2) is 64.2 Å². The summed E-state index contributed by atoms with van der Waals surface area (Å²) in [6.07, 6.45) is 18.2. The Bertz CT molecular complexity index is 4250. The number of benzene rings is 7. The lowest BCUT2D eigenvalue weighted by Gasteiger charge is -2.24. The molecule has 7 aromatic carbocycles. The minimum atomic E-state index is -1.24. The highest BCUT2D eigenvalue weighted by Gasteiger charge is 2.25. The summed E-state index contributed by atoms with van der Waals surface area (Å²) in [5.74, 6) is 37.5. The first-order valence-corrected chi connectivity index (χ1v) is 33.3. The second-order valence-corrected chi connectivity index (χ2v) is 28.6. The molecule has 15 nitrogen and oxygen atoms in total. The molecule has 0 radical (unpaired) electrons. The highest BCUT2D eigenvalue weighted by Crippen LogP contribution is 2.32. The first-order chi connectivity index (χ1) is 48.1. The molecular weight excluding hydrogens is 1410 g/mol. The Hall–Kier alpha value is -11.5. The quantitative estimate of drug-likeness (QED) is 0.0397. The van der Waals surface area contributed by atoms with Gasteiger partial charge in [-0.15, -0.1) is 25.7 Å². The maximum Gasteiger partial charge on any atom is 0.514 e. The zero-order valence-corrected chi connectivity index (χ0v) is 63.6. The normalized spacial score (nSPS) is 11.0. The minimum absolute atomic E-state index is 0.158. The fourth-order valence-electron chi connectivity index (χ4n) is 8.92. The van der Waals surface area contributed by atoms with Gasteiger partial charge in [-0.3, -0.25) is 0 Å². The highest BCUT2D eigenvalue weighted by molar-refractivity contribution is 14.1. The Morgan fingerprint density at radius 1 is 0.330 bits per heavy atom. The van der Waals surface area contributed by atoms with Crippen molar-refractivity contribution in [2.45, 2.75) is 166 Å². The van der Waals surface area contributed by atoms with Crippen LogP contribution in [0.1, 0.15) is 193 Å². The zero-order chi connectivity index (χ0) is 76.8. The molecule has 103 heavy (non-hydrogen) atoms. The number of ether oxygens (including phenoxy) is 10. The maximum absolute atomic E-state index is 12.9. The summed E-state index contributed by atoms with van der Waals surface area (Å²) in [4.78, 5) is 51.4. The lowest BCUT2D eigenvalue weighted by Crippen LogP contribution is -2.31. The van der Waals surface area contributed by atoms with Gasteiger partial charge in [-0.25, -0.2) is 19.2 Å². The van der Waals surface area contributed by atoms with Crippen LogP contribution < -0.4 is 23.7 Å². The van der Waals surface area contributed by atoms with Gasteiger partial charge >= 0.3 is 31.1 Å². The van der Waals surface area contributed by atoms with Crippen molar-refractivity contribution < 1.29 is 71.7 Å². The molecule has 1 unspecified atom stereocenters. The van der Waals surface area contributed by atoms with Crippen LogP contribution in [0.2, 0.25) is 0 Å². The fraction of sp³-hybridized carbons (Fsp3) is 0.287. The van der Waals surface area contributed by atoms with Crippen LogP contribution in [0.5, 0.6) is 28.7 Å². The lowest BCUT2D eigenvalue weighted by molar-refractivity contribution is -0.259. The van der Waals surface area contributed by atoms with Crippen LogP contribution in [-0.2, 0) is 23.7 Å². The fourth-order valence-corrected chi connectivity index (χ4v) is 9.43. The van der Waals surface area contributed by atoms with Crippen LogP contribution in [0.15, 0.2) is 121 Å². The lowest BCUT2D eigenvalue weighted by atomic mass is 9.87. The monoisotopic (exact) mass is 1490 g/mol. The molecule has 7 rings (SSSR count). The number of rotatable bonds is 7. The molecule has 0 spiro atoms. The number of aliphatic hydroxyl groups excluding tert-OH is 1. The highest BCUT2D eigenvalue weighted by atomic mass is 127. The molecule has 528 valence electrons. The number of carbonyl (C=O) groups is 4. The smallest absolute Gasteiger partial charge is 0.440 e. The number of aliphatic hydroxyl groups is 1. The summed E-state index contributed by atoms with van der Waals surface area (Å²) in [6.45, 7) is 32.4. The number of carbonyl (C=O) groups excluding carboxylic acids is 4. The molecular formula is C87H83IO15. The largest absolute Gasteiger partial charge is 0.514 e. The van der Waals surface area contributed by atoms with E-state index in [-0.39, 0.29) is 23.0 Å². The zero-order valence-electron chi connectivity index (χ0n) is 61.5. The van der Waals surface area contributed by atoms with Crippen molar-refractivity contribution in [2.75, 3.05) is 0 Å². The third-order valence-electron chi connectivity index (χ3n) is 13.3. The van der Waals surface area contributed by atoms with Crippen LogP contribution in [0.3, 0.4) is 0 Å². The first kappa shape index (κ1) is 82.2. The van der Waals surface area contributed by atoms with Crippen molar-refractivity contribution in [1.29, 1.82) is 0 Å². The van der Waals surface area contributed by atoms with Crippen molar-refractivity contribution in [2.24, 2.45) is 0 Å². The standard InChI is InChI=1S/C60H58O12.C16H10.C11H15IO3/c1-39-45(35-31-41-23-15-19-27-49(41)65-53(61)69-57(3,4)5)47(37-33-43-25-17-21-29-51(43)67-55(63)71-59(9,10)11)40(2)48(38-34-44-26-18-22-30-52(44)68-56(64)72-60(12,13)14)46(39)36-32-42-24-16-20-28-50(42)66-54(62)70-58(6,7)8;1-7-13-11(5)15(9-3)16(10-4)12(6)14(13)8-2;1-11(2,3)15-10(13)14-9-7-5-4-6-8(9)12/h15-30H,1-14H3;1-4H,5-6H3;4-7,10,13H,1-3H3. The summed E-state index contributed by atoms with van der Waals surface area (Å²) >= 11 is 2.14. The van der Waals surface area contributed by atoms with Crippen LogP contribution in [0.25, 0.3) is 0 Å². The molecule has 7 aromatic rings. The molecule has 0 heterocycles. The number of para-hydroxylation sites is 5. The van der Waals surface area contributed by atoms with Crippen LogP contribution in [0.4, 0.5) is 19.2 Å². The molecule has 0 fully saturated rings. The summed E-state index contributed by atoms with van der Waals surface area (Å²) < 4.78 is 55.7. The van der Waals surface area contributed by atoms with E-state index in [9.17, 15) is 24.3 Å². The molecule has 0 aliphatic rings. The van der Waals surface area contributed by atoms with E-state index in [0.29, 0.717) is 83.6 Å². The third-order valence-corrected chi connectivity index (χ3v) is 14.2. The van der Waals surface area contributed by atoms with Gasteiger partial charge in [-0.2, -0.15) is 0 Å². The SMILES string of the molecule is C#Cc1c(C)c(C#C)c(C#C)c(C)c1C#C.CC(C)(C)OC(O)Oc1ccccc1I.Cc1c(C#Cc2ccccc2OC(=O)OC(C)(C)C)c(C#Cc2ccccc2OC(=O)OC(C)(C)C)c(C)c(C#Cc2ccccc2OC(=O)OC(C)(C)C)c1C#Cc1ccccc1OC(=O)OC(C)(C)C. The van der Waals surface area contributed by atoms with E-state index in [1.54, 1.807) is 186 Å². The Kier molecular flexibility index (Phi) is 28.9. The van der Waals surface area contributed by atoms with Gasteiger partial charge in [0.25, 0.3) is 0 Å². The Morgan fingerprint density at radius 3 is 0.757 bits per heavy atom. The molecule has 0 aliphatic carbocycles. The van der Waals surface area contributed by atoms with Crippen LogP contribution >= 0.6 is 22.6 Å². The predicted molar refractivity (Wildman–Crippen MR) is 407 cm³/mol. The Balaban J connectivity index is 0.000000500. The van der Waals surface area contributed by atoms with Gasteiger partial charge in [0.05, 0.1) is 31.4 Å². The molecule has 0 aliphatic heterocycles. The number of hydrogen-bond donors (Lipinski definition) is 1. The number of terminal acetylenes is 4. The van der Waals surface area contributed by atoms with Gasteiger partial charge in [-0.05, 0) is 237 Å². The van der Waals surface area contributed by atoms with Gasteiger partial charge in [0.15, 0.2) is 0 Å². The van der Waals surface area contributed by atoms with Crippen molar-refractivity contribution in [1.82, 2.24) is 0 Å². The van der Waals surface area contributed by atoms with E-state index in [1.807, 2.05) is 66.7 Å². The summed E-state index contributed by atoms with van der Waals surface area (Å²) in [5, 5.41) is 9.51. The van der Waals surface area contributed by atoms with E-state index in [0.717, 1.165) is 14.7 Å². The van der Waals surface area contributed by atoms with Crippen LogP contribution in [0, 0.1) is 128 Å². The van der Waals surface area contributed by atoms with Gasteiger partial charge < -0.3 is 52.5 Å². The second kappa shape index (κ2) is 36.2. The average Bonchev–Trinajstić information content (AvgIpc) is 0.773. The van der Waals surface area contributed by atoms with Gasteiger partial charge in [-0.1, -0.05) is 132 Å². The predicted octanol–water partition coefficient (Wildman–Crippen LogP) is 18.1. The minimum Gasteiger partial charge on any atom is -0.440 e. The Morgan fingerprint density at radius 2 is 0.544 bits per heavy atom. The van der Waals surface area contributed by atoms with E-state index in [4.69, 9.17) is 73.1 Å². The van der Waals surface area contributed by atoms with Crippen molar-refractivity contribution in [3.05, 3.63) is 214 Å². The van der Waals surface area contributed by atoms with Gasteiger partial charge in [0.2, 0.25) is 0 Å². The molecule has 0 bridgehead atoms. The summed E-state index contributed by atoms with van der Waals surface area (Å²) in [7, 11) is 0. The molecule has 1 atom stereocenters. The number of hydrogen-bond acceptors (Lipinski definition) is 15. The average molecular weight is 1500 g/mol. The molecule has 0 aromatic heterocycles. The molecule has 0 saturated heterocycles. The van der Waals surface area contributed by atoms with Gasteiger partial charge in [0.1, 0.15) is 51.2 Å². The van der Waals surface area contributed by atoms with E-state index < -0.39 is 59.1 Å². The summed E-state index contributed by atoms with van der Waals surface area (Å²) in [5.41, 5.74) is 4.82. The molecule has 1 N–H and O–H groups in total. The topological polar surface area (TPSA) is 181 Å². The summed E-state index contributed by atoms with van der Waals surface area (Å²) in [6, 6.07) is 34.5. The van der Waals surface area contributed by atoms with Crippen molar-refractivity contribution in [3.8, 4) is 125 Å². The Labute approximate surface area is 620 Å². The maximum atomic E-state index is 12.9. The van der Waals surface area contributed by atoms with E-state index in [2.05, 4.69) is 93.6 Å². The second-order valence-electron chi connectivity index (χ2n) is 27.4. The first-order valence-electron chi connectivity index (χ1n) is 32.2. The van der Waals surface area contributed by atoms with E-state index >= 15 is 0 Å².